The SMILES string of the molecule is COc1cccc(-c2cnc(C)n3cc(CN)nc23)c1. The van der Waals surface area contributed by atoms with Gasteiger partial charge in [-0.15, -0.1) is 0 Å². The average molecular weight is 268 g/mol. The number of benzene rings is 1. The molecular formula is C15H16N4O. The van der Waals surface area contributed by atoms with E-state index >= 15 is 0 Å². The van der Waals surface area contributed by atoms with E-state index in [2.05, 4.69) is 9.97 Å². The Morgan fingerprint density at radius 3 is 2.95 bits per heavy atom. The molecule has 3 rings (SSSR count). The summed E-state index contributed by atoms with van der Waals surface area (Å²) >= 11 is 0. The minimum Gasteiger partial charge on any atom is -0.497 e. The third-order valence-electron chi connectivity index (χ3n) is 3.32. The highest BCUT2D eigenvalue weighted by Crippen LogP contribution is 2.27. The Morgan fingerprint density at radius 2 is 2.20 bits per heavy atom. The molecule has 0 amide bonds. The van der Waals surface area contributed by atoms with Crippen molar-refractivity contribution in [3.05, 3.63) is 48.2 Å². The first-order valence-corrected chi connectivity index (χ1v) is 6.41. The second-order valence-corrected chi connectivity index (χ2v) is 4.58. The lowest BCUT2D eigenvalue weighted by Crippen LogP contribution is -1.96. The van der Waals surface area contributed by atoms with Gasteiger partial charge in [0.15, 0.2) is 0 Å². The van der Waals surface area contributed by atoms with Crippen LogP contribution in [-0.4, -0.2) is 21.5 Å². The van der Waals surface area contributed by atoms with Crippen LogP contribution in [0.4, 0.5) is 0 Å². The minimum atomic E-state index is 0.415. The number of aryl methyl sites for hydroxylation is 1. The van der Waals surface area contributed by atoms with Crippen molar-refractivity contribution >= 4 is 5.65 Å². The summed E-state index contributed by atoms with van der Waals surface area (Å²) < 4.78 is 7.24. The van der Waals surface area contributed by atoms with Gasteiger partial charge < -0.3 is 10.5 Å². The fraction of sp³-hybridized carbons (Fsp3) is 0.200. The van der Waals surface area contributed by atoms with Gasteiger partial charge in [-0.2, -0.15) is 0 Å². The monoisotopic (exact) mass is 268 g/mol. The van der Waals surface area contributed by atoms with Crippen molar-refractivity contribution in [2.24, 2.45) is 5.73 Å². The molecule has 0 fully saturated rings. The number of imidazole rings is 1. The molecule has 102 valence electrons. The Hall–Kier alpha value is -2.40. The Balaban J connectivity index is 2.25. The highest BCUT2D eigenvalue weighted by molar-refractivity contribution is 5.77. The van der Waals surface area contributed by atoms with Crippen LogP contribution in [0, 0.1) is 6.92 Å². The van der Waals surface area contributed by atoms with E-state index in [4.69, 9.17) is 10.5 Å². The summed E-state index contributed by atoms with van der Waals surface area (Å²) in [5.74, 6) is 1.70. The second kappa shape index (κ2) is 4.94. The summed E-state index contributed by atoms with van der Waals surface area (Å²) in [5, 5.41) is 0. The summed E-state index contributed by atoms with van der Waals surface area (Å²) in [6.07, 6.45) is 3.77. The molecule has 20 heavy (non-hydrogen) atoms. The molecule has 0 aliphatic rings. The molecule has 0 spiro atoms. The van der Waals surface area contributed by atoms with Crippen molar-refractivity contribution in [1.29, 1.82) is 0 Å². The molecule has 2 heterocycles. The molecule has 1 aromatic carbocycles. The molecule has 5 heteroatoms. The molecule has 0 unspecified atom stereocenters. The van der Waals surface area contributed by atoms with Crippen molar-refractivity contribution in [2.45, 2.75) is 13.5 Å². The van der Waals surface area contributed by atoms with Gasteiger partial charge in [0, 0.05) is 24.5 Å². The molecule has 3 aromatic rings. The fourth-order valence-corrected chi connectivity index (χ4v) is 2.24. The lowest BCUT2D eigenvalue weighted by atomic mass is 10.1. The predicted molar refractivity (Wildman–Crippen MR) is 77.6 cm³/mol. The van der Waals surface area contributed by atoms with E-state index in [0.29, 0.717) is 6.54 Å². The summed E-state index contributed by atoms with van der Waals surface area (Å²) in [6.45, 7) is 2.36. The fourth-order valence-electron chi connectivity index (χ4n) is 2.24. The Kier molecular flexibility index (Phi) is 3.12. The van der Waals surface area contributed by atoms with Gasteiger partial charge in [-0.05, 0) is 24.6 Å². The zero-order valence-corrected chi connectivity index (χ0v) is 11.5. The first-order chi connectivity index (χ1) is 9.72. The number of rotatable bonds is 3. The normalized spacial score (nSPS) is 10.9. The van der Waals surface area contributed by atoms with Crippen molar-refractivity contribution in [3.63, 3.8) is 0 Å². The van der Waals surface area contributed by atoms with Crippen LogP contribution in [0.2, 0.25) is 0 Å². The number of hydrogen-bond acceptors (Lipinski definition) is 4. The lowest BCUT2D eigenvalue weighted by molar-refractivity contribution is 0.415. The van der Waals surface area contributed by atoms with Crippen LogP contribution in [0.3, 0.4) is 0 Å². The largest absolute Gasteiger partial charge is 0.497 e. The minimum absolute atomic E-state index is 0.415. The van der Waals surface area contributed by atoms with Gasteiger partial charge in [0.25, 0.3) is 0 Å². The summed E-state index contributed by atoms with van der Waals surface area (Å²) in [4.78, 5) is 9.01. The molecule has 0 saturated heterocycles. The lowest BCUT2D eigenvalue weighted by Gasteiger charge is -2.07. The standard InChI is InChI=1S/C15H16N4O/c1-10-17-8-14(11-4-3-5-13(6-11)20-2)15-18-12(7-16)9-19(10)15/h3-6,8-9H,7,16H2,1-2H3. The van der Waals surface area contributed by atoms with Crippen molar-refractivity contribution in [3.8, 4) is 16.9 Å². The van der Waals surface area contributed by atoms with Gasteiger partial charge >= 0.3 is 0 Å². The van der Waals surface area contributed by atoms with Gasteiger partial charge in [-0.1, -0.05) is 12.1 Å². The number of nitrogens with zero attached hydrogens (tertiary/aromatic N) is 3. The summed E-state index contributed by atoms with van der Waals surface area (Å²) in [6, 6.07) is 7.87. The van der Waals surface area contributed by atoms with Gasteiger partial charge in [0.1, 0.15) is 17.2 Å². The molecule has 0 saturated carbocycles. The van der Waals surface area contributed by atoms with E-state index < -0.39 is 0 Å². The number of hydrogen-bond donors (Lipinski definition) is 1. The first kappa shape index (κ1) is 12.6. The van der Waals surface area contributed by atoms with Crippen molar-refractivity contribution in [2.75, 3.05) is 7.11 Å². The molecule has 0 aliphatic carbocycles. The van der Waals surface area contributed by atoms with Crippen molar-refractivity contribution in [1.82, 2.24) is 14.4 Å². The van der Waals surface area contributed by atoms with Crippen LogP contribution in [0.1, 0.15) is 11.5 Å². The maximum atomic E-state index is 5.68. The van der Waals surface area contributed by atoms with Crippen LogP contribution in [-0.2, 0) is 6.54 Å². The van der Waals surface area contributed by atoms with Crippen LogP contribution in [0.15, 0.2) is 36.7 Å². The number of methoxy groups -OCH3 is 1. The number of fused-ring (bicyclic) bond motifs is 1. The van der Waals surface area contributed by atoms with Gasteiger partial charge in [0.2, 0.25) is 0 Å². The number of aromatic nitrogens is 3. The maximum absolute atomic E-state index is 5.68. The molecule has 0 radical (unpaired) electrons. The molecule has 2 N–H and O–H groups in total. The quantitative estimate of drug-likeness (QED) is 0.790. The van der Waals surface area contributed by atoms with E-state index in [1.807, 2.05) is 48.0 Å². The van der Waals surface area contributed by atoms with E-state index in [-0.39, 0.29) is 0 Å². The Morgan fingerprint density at radius 1 is 1.35 bits per heavy atom. The zero-order chi connectivity index (χ0) is 14.1. The van der Waals surface area contributed by atoms with Crippen LogP contribution >= 0.6 is 0 Å². The third kappa shape index (κ3) is 2.02. The van der Waals surface area contributed by atoms with Crippen molar-refractivity contribution < 1.29 is 4.74 Å². The number of ether oxygens (including phenoxy) is 1. The topological polar surface area (TPSA) is 65.4 Å². The molecule has 0 atom stereocenters. The smallest absolute Gasteiger partial charge is 0.147 e. The predicted octanol–water partition coefficient (Wildman–Crippen LogP) is 2.17. The van der Waals surface area contributed by atoms with E-state index in [1.165, 1.54) is 0 Å². The van der Waals surface area contributed by atoms with E-state index in [1.54, 1.807) is 7.11 Å². The summed E-state index contributed by atoms with van der Waals surface area (Å²) in [5.41, 5.74) is 9.39. The van der Waals surface area contributed by atoms with Gasteiger partial charge in [-0.3, -0.25) is 4.40 Å². The van der Waals surface area contributed by atoms with E-state index in [9.17, 15) is 0 Å². The van der Waals surface area contributed by atoms with Gasteiger partial charge in [0.05, 0.1) is 12.8 Å². The Labute approximate surface area is 117 Å². The highest BCUT2D eigenvalue weighted by Gasteiger charge is 2.11. The van der Waals surface area contributed by atoms with Crippen LogP contribution in [0.5, 0.6) is 5.75 Å². The maximum Gasteiger partial charge on any atom is 0.147 e. The molecular weight excluding hydrogens is 252 g/mol. The van der Waals surface area contributed by atoms with E-state index in [0.717, 1.165) is 34.0 Å². The average Bonchev–Trinajstić information content (AvgIpc) is 2.93. The number of nitrogens with two attached hydrogens (primary N) is 1. The van der Waals surface area contributed by atoms with Crippen LogP contribution in [0.25, 0.3) is 16.8 Å². The van der Waals surface area contributed by atoms with Crippen LogP contribution < -0.4 is 10.5 Å². The third-order valence-corrected chi connectivity index (χ3v) is 3.32. The molecule has 5 nitrogen and oxygen atoms in total. The molecule has 2 aromatic heterocycles. The van der Waals surface area contributed by atoms with Gasteiger partial charge in [-0.25, -0.2) is 9.97 Å². The molecule has 0 aliphatic heterocycles. The second-order valence-electron chi connectivity index (χ2n) is 4.58. The Bertz CT molecular complexity index is 764. The summed E-state index contributed by atoms with van der Waals surface area (Å²) in [7, 11) is 1.66. The highest BCUT2D eigenvalue weighted by atomic mass is 16.5. The molecule has 0 bridgehead atoms. The zero-order valence-electron chi connectivity index (χ0n) is 11.5. The first-order valence-electron chi connectivity index (χ1n) is 6.41.